The van der Waals surface area contributed by atoms with Gasteiger partial charge >= 0.3 is 5.97 Å². The maximum absolute atomic E-state index is 12.6. The van der Waals surface area contributed by atoms with Gasteiger partial charge in [-0.3, -0.25) is 4.90 Å². The first-order valence-corrected chi connectivity index (χ1v) is 12.1. The van der Waals surface area contributed by atoms with Crippen molar-refractivity contribution in [2.24, 2.45) is 0 Å². The summed E-state index contributed by atoms with van der Waals surface area (Å²) in [5.74, 6) is 1.32. The summed E-state index contributed by atoms with van der Waals surface area (Å²) in [6.45, 7) is 6.76. The van der Waals surface area contributed by atoms with Crippen molar-refractivity contribution in [1.82, 2.24) is 19.9 Å². The average molecular weight is 484 g/mol. The van der Waals surface area contributed by atoms with E-state index in [0.717, 1.165) is 54.9 Å². The number of morpholine rings is 1. The summed E-state index contributed by atoms with van der Waals surface area (Å²) in [6, 6.07) is 7.49. The lowest BCUT2D eigenvalue weighted by molar-refractivity contribution is 0.0341. The van der Waals surface area contributed by atoms with Crippen molar-refractivity contribution in [1.29, 1.82) is 0 Å². The zero-order valence-electron chi connectivity index (χ0n) is 19.7. The van der Waals surface area contributed by atoms with Gasteiger partial charge in [-0.25, -0.2) is 19.7 Å². The number of benzene rings is 1. The summed E-state index contributed by atoms with van der Waals surface area (Å²) in [5.41, 5.74) is 2.08. The van der Waals surface area contributed by atoms with Crippen LogP contribution >= 0.6 is 11.3 Å². The number of esters is 1. The normalized spacial score (nSPS) is 14.1. The van der Waals surface area contributed by atoms with Crippen LogP contribution in [0.25, 0.3) is 11.4 Å². The molecule has 1 fully saturated rings. The Hall–Kier alpha value is -3.08. The number of nitrogens with zero attached hydrogens (tertiary/aromatic N) is 5. The summed E-state index contributed by atoms with van der Waals surface area (Å²) >= 11 is 1.65. The molecule has 0 spiro atoms. The molecule has 0 unspecified atom stereocenters. The van der Waals surface area contributed by atoms with Crippen LogP contribution in [0.2, 0.25) is 0 Å². The topological polar surface area (TPSA) is 89.9 Å². The molecule has 9 nitrogen and oxygen atoms in total. The summed E-state index contributed by atoms with van der Waals surface area (Å²) in [5, 5.41) is 3.12. The number of methoxy groups -OCH3 is 1. The molecule has 3 aromatic rings. The van der Waals surface area contributed by atoms with E-state index in [2.05, 4.69) is 15.3 Å². The molecular formula is C24H29N5O4S. The minimum Gasteiger partial charge on any atom is -0.497 e. The van der Waals surface area contributed by atoms with Crippen LogP contribution in [-0.4, -0.2) is 72.9 Å². The van der Waals surface area contributed by atoms with Crippen molar-refractivity contribution in [3.8, 4) is 17.1 Å². The quantitative estimate of drug-likeness (QED) is 0.425. The minimum atomic E-state index is -0.447. The van der Waals surface area contributed by atoms with Gasteiger partial charge in [-0.15, -0.1) is 11.3 Å². The van der Waals surface area contributed by atoms with Gasteiger partial charge in [0.25, 0.3) is 0 Å². The Kier molecular flexibility index (Phi) is 8.04. The molecule has 0 N–H and O–H groups in total. The first-order chi connectivity index (χ1) is 16.6. The van der Waals surface area contributed by atoms with Crippen LogP contribution in [0.1, 0.15) is 28.0 Å². The van der Waals surface area contributed by atoms with Crippen molar-refractivity contribution in [3.05, 3.63) is 52.1 Å². The highest BCUT2D eigenvalue weighted by molar-refractivity contribution is 7.09. The number of carbonyl (C=O) groups is 1. The molecule has 1 aliphatic heterocycles. The fourth-order valence-electron chi connectivity index (χ4n) is 3.66. The molecule has 0 bridgehead atoms. The van der Waals surface area contributed by atoms with Gasteiger partial charge < -0.3 is 19.1 Å². The van der Waals surface area contributed by atoms with Crippen molar-refractivity contribution >= 4 is 23.1 Å². The van der Waals surface area contributed by atoms with E-state index in [-0.39, 0.29) is 6.61 Å². The van der Waals surface area contributed by atoms with Crippen LogP contribution in [0.4, 0.5) is 5.82 Å². The van der Waals surface area contributed by atoms with Crippen LogP contribution < -0.4 is 9.64 Å². The molecule has 34 heavy (non-hydrogen) atoms. The van der Waals surface area contributed by atoms with E-state index in [9.17, 15) is 4.79 Å². The third kappa shape index (κ3) is 5.88. The van der Waals surface area contributed by atoms with Crippen LogP contribution in [0, 0.1) is 0 Å². The molecule has 0 radical (unpaired) electrons. The van der Waals surface area contributed by atoms with Crippen molar-refractivity contribution in [3.63, 3.8) is 0 Å². The average Bonchev–Trinajstić information content (AvgIpc) is 3.31. The molecule has 0 amide bonds. The smallest absolute Gasteiger partial charge is 0.343 e. The van der Waals surface area contributed by atoms with Crippen molar-refractivity contribution in [2.45, 2.75) is 20.0 Å². The summed E-state index contributed by atoms with van der Waals surface area (Å²) < 4.78 is 15.9. The second kappa shape index (κ2) is 11.4. The first kappa shape index (κ1) is 24.1. The summed E-state index contributed by atoms with van der Waals surface area (Å²) in [7, 11) is 3.52. The monoisotopic (exact) mass is 483 g/mol. The Bertz CT molecular complexity index is 1100. The molecule has 0 saturated carbocycles. The predicted octanol–water partition coefficient (Wildman–Crippen LogP) is 3.25. The van der Waals surface area contributed by atoms with Gasteiger partial charge in [-0.2, -0.15) is 0 Å². The van der Waals surface area contributed by atoms with E-state index in [4.69, 9.17) is 24.2 Å². The standard InChI is InChI=1S/C24H29N5O4S/c1-4-33-24(30)20-13-25-22(17-5-7-19(31-3)8-6-17)27-23(20)28(2)14-18-16-34-21(26-18)15-29-9-11-32-12-10-29/h5-8,13,16H,4,9-12,14-15H2,1-3H3. The second-order valence-electron chi connectivity index (χ2n) is 7.86. The largest absolute Gasteiger partial charge is 0.497 e. The number of anilines is 1. The van der Waals surface area contributed by atoms with E-state index in [1.165, 1.54) is 6.20 Å². The highest BCUT2D eigenvalue weighted by atomic mass is 32.1. The van der Waals surface area contributed by atoms with E-state index in [1.54, 1.807) is 25.4 Å². The van der Waals surface area contributed by atoms with Gasteiger partial charge in [0.2, 0.25) is 0 Å². The molecule has 0 atom stereocenters. The number of carbonyl (C=O) groups excluding carboxylic acids is 1. The number of hydrogen-bond acceptors (Lipinski definition) is 10. The SMILES string of the molecule is CCOC(=O)c1cnc(-c2ccc(OC)cc2)nc1N(C)Cc1csc(CN2CCOCC2)n1. The Labute approximate surface area is 203 Å². The Morgan fingerprint density at radius 1 is 1.21 bits per heavy atom. The Morgan fingerprint density at radius 2 is 1.97 bits per heavy atom. The zero-order valence-corrected chi connectivity index (χ0v) is 20.5. The molecule has 180 valence electrons. The molecule has 10 heteroatoms. The molecule has 3 heterocycles. The number of aromatic nitrogens is 3. The molecule has 1 saturated heterocycles. The fraction of sp³-hybridized carbons (Fsp3) is 0.417. The van der Waals surface area contributed by atoms with E-state index < -0.39 is 5.97 Å². The van der Waals surface area contributed by atoms with Crippen LogP contribution in [0.3, 0.4) is 0 Å². The number of rotatable bonds is 9. The van der Waals surface area contributed by atoms with E-state index in [1.807, 2.05) is 36.2 Å². The summed E-state index contributed by atoms with van der Waals surface area (Å²) in [6.07, 6.45) is 1.53. The second-order valence-corrected chi connectivity index (χ2v) is 8.80. The zero-order chi connectivity index (χ0) is 23.9. The Morgan fingerprint density at radius 3 is 2.68 bits per heavy atom. The van der Waals surface area contributed by atoms with Gasteiger partial charge in [0.15, 0.2) is 5.82 Å². The van der Waals surface area contributed by atoms with Gasteiger partial charge in [-0.05, 0) is 31.2 Å². The Balaban J connectivity index is 1.55. The third-order valence-corrected chi connectivity index (χ3v) is 6.32. The van der Waals surface area contributed by atoms with Crippen LogP contribution in [0.5, 0.6) is 5.75 Å². The van der Waals surface area contributed by atoms with Crippen molar-refractivity contribution in [2.75, 3.05) is 52.0 Å². The van der Waals surface area contributed by atoms with Crippen LogP contribution in [0.15, 0.2) is 35.8 Å². The lowest BCUT2D eigenvalue weighted by Crippen LogP contribution is -2.35. The lowest BCUT2D eigenvalue weighted by Gasteiger charge is -2.25. The molecule has 1 aliphatic rings. The predicted molar refractivity (Wildman–Crippen MR) is 130 cm³/mol. The lowest BCUT2D eigenvalue weighted by atomic mass is 10.2. The number of hydrogen-bond donors (Lipinski definition) is 0. The molecule has 2 aromatic heterocycles. The third-order valence-electron chi connectivity index (χ3n) is 5.43. The minimum absolute atomic E-state index is 0.277. The summed E-state index contributed by atoms with van der Waals surface area (Å²) in [4.78, 5) is 30.8. The first-order valence-electron chi connectivity index (χ1n) is 11.2. The number of ether oxygens (including phenoxy) is 3. The fourth-order valence-corrected chi connectivity index (χ4v) is 4.48. The van der Waals surface area contributed by atoms with Gasteiger partial charge in [-0.1, -0.05) is 0 Å². The maximum atomic E-state index is 12.6. The number of thiazole rings is 1. The van der Waals surface area contributed by atoms with Gasteiger partial charge in [0.1, 0.15) is 22.1 Å². The van der Waals surface area contributed by atoms with Crippen molar-refractivity contribution < 1.29 is 19.0 Å². The van der Waals surface area contributed by atoms with Crippen LogP contribution in [-0.2, 0) is 22.6 Å². The maximum Gasteiger partial charge on any atom is 0.343 e. The van der Waals surface area contributed by atoms with Gasteiger partial charge in [0, 0.05) is 37.3 Å². The highest BCUT2D eigenvalue weighted by Gasteiger charge is 2.21. The molecule has 1 aromatic carbocycles. The van der Waals surface area contributed by atoms with E-state index >= 15 is 0 Å². The molecule has 4 rings (SSSR count). The van der Waals surface area contributed by atoms with Gasteiger partial charge in [0.05, 0.1) is 45.7 Å². The molecule has 0 aliphatic carbocycles. The molecular weight excluding hydrogens is 454 g/mol. The highest BCUT2D eigenvalue weighted by Crippen LogP contribution is 2.25. The van der Waals surface area contributed by atoms with E-state index in [0.29, 0.717) is 23.8 Å².